The predicted octanol–water partition coefficient (Wildman–Crippen LogP) is 3.86. The second kappa shape index (κ2) is 8.98. The summed E-state index contributed by atoms with van der Waals surface area (Å²) >= 11 is 0. The Morgan fingerprint density at radius 2 is 1.90 bits per heavy atom. The van der Waals surface area contributed by atoms with Gasteiger partial charge in [-0.15, -0.1) is 0 Å². The van der Waals surface area contributed by atoms with Crippen LogP contribution in [0.5, 0.6) is 5.75 Å². The summed E-state index contributed by atoms with van der Waals surface area (Å²) in [7, 11) is 0. The molecule has 3 aromatic rings. The van der Waals surface area contributed by atoms with Gasteiger partial charge in [-0.3, -0.25) is 9.48 Å². The fourth-order valence-electron chi connectivity index (χ4n) is 3.67. The molecule has 9 heteroatoms. The molecule has 1 aliphatic rings. The number of halogens is 2. The minimum absolute atomic E-state index is 0.0302. The van der Waals surface area contributed by atoms with Crippen LogP contribution in [0.15, 0.2) is 55.2 Å². The molecule has 1 aromatic carbocycles. The summed E-state index contributed by atoms with van der Waals surface area (Å²) in [6, 6.07) is 7.89. The fourth-order valence-corrected chi connectivity index (χ4v) is 3.67. The van der Waals surface area contributed by atoms with E-state index >= 15 is 0 Å². The number of benzene rings is 1. The molecular formula is C21H21F2N5O2. The summed E-state index contributed by atoms with van der Waals surface area (Å²) < 4.78 is 30.7. The first kappa shape index (κ1) is 19.9. The molecule has 156 valence electrons. The maximum atomic E-state index is 12.4. The van der Waals surface area contributed by atoms with Crippen LogP contribution in [0.3, 0.4) is 0 Å². The average molecular weight is 413 g/mol. The molecule has 1 fully saturated rings. The van der Waals surface area contributed by atoms with Crippen molar-refractivity contribution in [2.24, 2.45) is 0 Å². The summed E-state index contributed by atoms with van der Waals surface area (Å²) in [5.74, 6) is -0.185. The second-order valence-corrected chi connectivity index (χ2v) is 7.19. The van der Waals surface area contributed by atoms with Crippen molar-refractivity contribution >= 4 is 5.91 Å². The molecule has 4 rings (SSSR count). The summed E-state index contributed by atoms with van der Waals surface area (Å²) in [5.41, 5.74) is 2.20. The molecule has 1 aliphatic carbocycles. The van der Waals surface area contributed by atoms with E-state index in [1.165, 1.54) is 30.6 Å². The predicted molar refractivity (Wildman–Crippen MR) is 105 cm³/mol. The number of aromatic nitrogens is 4. The van der Waals surface area contributed by atoms with Crippen LogP contribution in [-0.4, -0.2) is 38.3 Å². The summed E-state index contributed by atoms with van der Waals surface area (Å²) in [6.07, 6.45) is 10.5. The van der Waals surface area contributed by atoms with Crippen molar-refractivity contribution in [1.82, 2.24) is 25.1 Å². The standard InChI is InChI=1S/C21H21F2N5O2/c22-21(23)30-18-7-1-14(2-8-18)20(29)27-16-3-5-17(6-4-16)28-12-15(11-26-28)19-9-10-24-13-25-19/h1-2,7-13,16-17,21H,3-6H2,(H,27,29). The van der Waals surface area contributed by atoms with Crippen LogP contribution in [0.25, 0.3) is 11.3 Å². The Morgan fingerprint density at radius 3 is 2.57 bits per heavy atom. The molecule has 1 saturated carbocycles. The Labute approximate surface area is 172 Å². The lowest BCUT2D eigenvalue weighted by Gasteiger charge is -2.29. The van der Waals surface area contributed by atoms with Gasteiger partial charge in [-0.25, -0.2) is 9.97 Å². The van der Waals surface area contributed by atoms with E-state index in [1.54, 1.807) is 12.4 Å². The van der Waals surface area contributed by atoms with Gasteiger partial charge in [-0.2, -0.15) is 13.9 Å². The number of amides is 1. The lowest BCUT2D eigenvalue weighted by molar-refractivity contribution is -0.0498. The highest BCUT2D eigenvalue weighted by Crippen LogP contribution is 2.29. The third kappa shape index (κ3) is 4.79. The highest BCUT2D eigenvalue weighted by molar-refractivity contribution is 5.94. The van der Waals surface area contributed by atoms with E-state index in [4.69, 9.17) is 0 Å². The van der Waals surface area contributed by atoms with Gasteiger partial charge in [0, 0.05) is 29.6 Å². The number of nitrogens with one attached hydrogen (secondary N) is 1. The van der Waals surface area contributed by atoms with E-state index in [0.717, 1.165) is 36.9 Å². The van der Waals surface area contributed by atoms with Gasteiger partial charge in [0.1, 0.15) is 12.1 Å². The number of hydrogen-bond donors (Lipinski definition) is 1. The van der Waals surface area contributed by atoms with Gasteiger partial charge < -0.3 is 10.1 Å². The van der Waals surface area contributed by atoms with Gasteiger partial charge in [0.2, 0.25) is 0 Å². The minimum atomic E-state index is -2.88. The third-order valence-electron chi connectivity index (χ3n) is 5.23. The largest absolute Gasteiger partial charge is 0.435 e. The number of ether oxygens (including phenoxy) is 1. The zero-order valence-electron chi connectivity index (χ0n) is 16.1. The molecule has 0 unspecified atom stereocenters. The summed E-state index contributed by atoms with van der Waals surface area (Å²) in [6.45, 7) is -2.88. The Bertz CT molecular complexity index is 971. The van der Waals surface area contributed by atoms with Gasteiger partial charge in [0.05, 0.1) is 17.9 Å². The molecule has 1 amide bonds. The molecule has 0 radical (unpaired) electrons. The Morgan fingerprint density at radius 1 is 1.13 bits per heavy atom. The van der Waals surface area contributed by atoms with Crippen molar-refractivity contribution in [3.63, 3.8) is 0 Å². The molecule has 1 N–H and O–H groups in total. The van der Waals surface area contributed by atoms with Crippen molar-refractivity contribution in [1.29, 1.82) is 0 Å². The second-order valence-electron chi connectivity index (χ2n) is 7.19. The molecule has 0 aliphatic heterocycles. The first-order valence-electron chi connectivity index (χ1n) is 9.75. The summed E-state index contributed by atoms with van der Waals surface area (Å²) in [5, 5.41) is 7.51. The normalized spacial score (nSPS) is 18.9. The van der Waals surface area contributed by atoms with Gasteiger partial charge >= 0.3 is 6.61 Å². The molecule has 0 spiro atoms. The number of carbonyl (C=O) groups is 1. The van der Waals surface area contributed by atoms with Crippen molar-refractivity contribution < 1.29 is 18.3 Å². The fraction of sp³-hybridized carbons (Fsp3) is 0.333. The third-order valence-corrected chi connectivity index (χ3v) is 5.23. The van der Waals surface area contributed by atoms with Crippen LogP contribution in [-0.2, 0) is 0 Å². The van der Waals surface area contributed by atoms with Crippen molar-refractivity contribution in [2.75, 3.05) is 0 Å². The van der Waals surface area contributed by atoms with Gasteiger partial charge in [0.15, 0.2) is 0 Å². The van der Waals surface area contributed by atoms with E-state index in [0.29, 0.717) is 5.56 Å². The van der Waals surface area contributed by atoms with Crippen LogP contribution < -0.4 is 10.1 Å². The van der Waals surface area contributed by atoms with Crippen LogP contribution in [0.2, 0.25) is 0 Å². The maximum absolute atomic E-state index is 12.4. The average Bonchev–Trinajstić information content (AvgIpc) is 3.25. The number of hydrogen-bond acceptors (Lipinski definition) is 5. The molecule has 7 nitrogen and oxygen atoms in total. The zero-order valence-corrected chi connectivity index (χ0v) is 16.1. The molecule has 0 atom stereocenters. The van der Waals surface area contributed by atoms with Crippen molar-refractivity contribution in [3.8, 4) is 17.0 Å². The highest BCUT2D eigenvalue weighted by atomic mass is 19.3. The van der Waals surface area contributed by atoms with E-state index in [9.17, 15) is 13.6 Å². The van der Waals surface area contributed by atoms with Crippen LogP contribution >= 0.6 is 0 Å². The Kier molecular flexibility index (Phi) is 5.97. The van der Waals surface area contributed by atoms with Crippen LogP contribution in [0, 0.1) is 0 Å². The smallest absolute Gasteiger partial charge is 0.387 e. The topological polar surface area (TPSA) is 81.9 Å². The molecule has 30 heavy (non-hydrogen) atoms. The van der Waals surface area contributed by atoms with E-state index in [1.807, 2.05) is 16.9 Å². The lowest BCUT2D eigenvalue weighted by atomic mass is 9.91. The monoisotopic (exact) mass is 413 g/mol. The Balaban J connectivity index is 1.29. The minimum Gasteiger partial charge on any atom is -0.435 e. The van der Waals surface area contributed by atoms with Gasteiger partial charge in [-0.1, -0.05) is 0 Å². The van der Waals surface area contributed by atoms with E-state index in [-0.39, 0.29) is 23.7 Å². The molecular weight excluding hydrogens is 392 g/mol. The van der Waals surface area contributed by atoms with Crippen LogP contribution in [0.4, 0.5) is 8.78 Å². The number of alkyl halides is 2. The van der Waals surface area contributed by atoms with Crippen molar-refractivity contribution in [2.45, 2.75) is 44.4 Å². The highest BCUT2D eigenvalue weighted by Gasteiger charge is 2.24. The number of carbonyl (C=O) groups excluding carboxylic acids is 1. The summed E-state index contributed by atoms with van der Waals surface area (Å²) in [4.78, 5) is 20.6. The van der Waals surface area contributed by atoms with Crippen molar-refractivity contribution in [3.05, 3.63) is 60.8 Å². The Hall–Kier alpha value is -3.36. The SMILES string of the molecule is O=C(NC1CCC(n2cc(-c3ccncn3)cn2)CC1)c1ccc(OC(F)F)cc1. The molecule has 0 bridgehead atoms. The number of rotatable bonds is 6. The van der Waals surface area contributed by atoms with Gasteiger partial charge in [-0.05, 0) is 56.0 Å². The molecule has 2 heterocycles. The molecule has 2 aromatic heterocycles. The van der Waals surface area contributed by atoms with E-state index < -0.39 is 6.61 Å². The maximum Gasteiger partial charge on any atom is 0.387 e. The van der Waals surface area contributed by atoms with E-state index in [2.05, 4.69) is 25.1 Å². The molecule has 0 saturated heterocycles. The van der Waals surface area contributed by atoms with Crippen LogP contribution in [0.1, 0.15) is 42.1 Å². The first-order valence-corrected chi connectivity index (χ1v) is 9.75. The lowest BCUT2D eigenvalue weighted by Crippen LogP contribution is -2.38. The quantitative estimate of drug-likeness (QED) is 0.664. The zero-order chi connectivity index (χ0) is 20.9. The number of nitrogens with zero attached hydrogens (tertiary/aromatic N) is 4. The van der Waals surface area contributed by atoms with Gasteiger partial charge in [0.25, 0.3) is 5.91 Å². The first-order chi connectivity index (χ1) is 14.6.